The van der Waals surface area contributed by atoms with Gasteiger partial charge in [0.15, 0.2) is 0 Å². The lowest BCUT2D eigenvalue weighted by atomic mass is 10.2. The molecule has 2 aromatic rings. The Bertz CT molecular complexity index is 1120. The van der Waals surface area contributed by atoms with E-state index in [-0.39, 0.29) is 40.7 Å². The number of anilines is 1. The average Bonchev–Trinajstić information content (AvgIpc) is 2.67. The van der Waals surface area contributed by atoms with E-state index in [1.165, 1.54) is 52.8 Å². The number of sulfonamides is 2. The van der Waals surface area contributed by atoms with Crippen molar-refractivity contribution in [2.45, 2.75) is 35.8 Å². The minimum absolute atomic E-state index is 0.0678. The molecule has 30 heavy (non-hydrogen) atoms. The second kappa shape index (κ2) is 8.44. The molecule has 1 fully saturated rings. The van der Waals surface area contributed by atoms with Crippen molar-refractivity contribution < 1.29 is 26.4 Å². The number of amides is 1. The molecule has 1 heterocycles. The molecule has 0 spiro atoms. The second-order valence-corrected chi connectivity index (χ2v) is 10.6. The monoisotopic (exact) mass is 453 g/mol. The molecule has 3 N–H and O–H groups in total. The summed E-state index contributed by atoms with van der Waals surface area (Å²) in [5.74, 6) is -0.462. The predicted octanol–water partition coefficient (Wildman–Crippen LogP) is 1.38. The van der Waals surface area contributed by atoms with Gasteiger partial charge in [0.1, 0.15) is 0 Å². The Balaban J connectivity index is 1.72. The van der Waals surface area contributed by atoms with Crippen LogP contribution in [0.3, 0.4) is 0 Å². The van der Waals surface area contributed by atoms with Crippen molar-refractivity contribution in [1.82, 2.24) is 4.31 Å². The van der Waals surface area contributed by atoms with Crippen LogP contribution in [0.25, 0.3) is 0 Å². The van der Waals surface area contributed by atoms with E-state index >= 15 is 0 Å². The Kier molecular flexibility index (Phi) is 6.29. The lowest BCUT2D eigenvalue weighted by Crippen LogP contribution is -2.48. The molecule has 0 radical (unpaired) electrons. The molecule has 9 nitrogen and oxygen atoms in total. The number of nitrogens with two attached hydrogens (primary N) is 1. The van der Waals surface area contributed by atoms with Crippen LogP contribution in [-0.2, 0) is 24.8 Å². The molecule has 11 heteroatoms. The van der Waals surface area contributed by atoms with E-state index in [1.54, 1.807) is 0 Å². The van der Waals surface area contributed by atoms with Crippen LogP contribution in [-0.4, -0.2) is 52.3 Å². The van der Waals surface area contributed by atoms with Gasteiger partial charge in [-0.05, 0) is 62.4 Å². The number of nitrogens with zero attached hydrogens (tertiary/aromatic N) is 1. The van der Waals surface area contributed by atoms with Crippen LogP contribution in [0.4, 0.5) is 5.69 Å². The SMILES string of the molecule is C[C@@H]1CN(S(=O)(=O)c2ccc(C(=O)Nc3ccc(S(N)(=O)=O)cc3)cc2)C[C@@H](C)O1. The molecule has 1 amide bonds. The number of morpholine rings is 1. The number of rotatable bonds is 5. The molecular weight excluding hydrogens is 430 g/mol. The van der Waals surface area contributed by atoms with Crippen molar-refractivity contribution in [3.63, 3.8) is 0 Å². The Labute approximate surface area is 175 Å². The van der Waals surface area contributed by atoms with Gasteiger partial charge in [0.2, 0.25) is 20.0 Å². The minimum atomic E-state index is -3.82. The van der Waals surface area contributed by atoms with Gasteiger partial charge in [0, 0.05) is 24.3 Å². The first-order valence-corrected chi connectivity index (χ1v) is 12.2. The number of carbonyl (C=O) groups excluding carboxylic acids is 1. The summed E-state index contributed by atoms with van der Waals surface area (Å²) in [6, 6.07) is 11.0. The number of nitrogens with one attached hydrogen (secondary N) is 1. The molecular formula is C19H23N3O6S2. The molecule has 1 aliphatic heterocycles. The molecule has 0 saturated carbocycles. The van der Waals surface area contributed by atoms with Gasteiger partial charge in [0.25, 0.3) is 5.91 Å². The topological polar surface area (TPSA) is 136 Å². The number of benzene rings is 2. The van der Waals surface area contributed by atoms with E-state index in [9.17, 15) is 21.6 Å². The standard InChI is InChI=1S/C19H23N3O6S2/c1-13-11-22(12-14(2)28-13)30(26,27)18-7-3-15(4-8-18)19(23)21-16-5-9-17(10-6-16)29(20,24)25/h3-10,13-14H,11-12H2,1-2H3,(H,21,23)(H2,20,24,25)/t13-,14-/m1/s1. The zero-order valence-corrected chi connectivity index (χ0v) is 18.1. The second-order valence-electron chi connectivity index (χ2n) is 7.13. The minimum Gasteiger partial charge on any atom is -0.373 e. The summed E-state index contributed by atoms with van der Waals surface area (Å²) in [6.07, 6.45) is -0.400. The van der Waals surface area contributed by atoms with Crippen molar-refractivity contribution in [2.24, 2.45) is 5.14 Å². The highest BCUT2D eigenvalue weighted by molar-refractivity contribution is 7.89. The third kappa shape index (κ3) is 5.05. The van der Waals surface area contributed by atoms with Gasteiger partial charge in [-0.15, -0.1) is 0 Å². The van der Waals surface area contributed by atoms with Gasteiger partial charge < -0.3 is 10.1 Å². The molecule has 0 bridgehead atoms. The van der Waals surface area contributed by atoms with Gasteiger partial charge in [0.05, 0.1) is 22.0 Å². The lowest BCUT2D eigenvalue weighted by Gasteiger charge is -2.34. The smallest absolute Gasteiger partial charge is 0.255 e. The summed E-state index contributed by atoms with van der Waals surface area (Å²) in [6.45, 7) is 4.18. The Morgan fingerprint density at radius 1 is 0.933 bits per heavy atom. The molecule has 2 atom stereocenters. The number of carbonyl (C=O) groups is 1. The fourth-order valence-electron chi connectivity index (χ4n) is 3.19. The van der Waals surface area contributed by atoms with E-state index in [4.69, 9.17) is 9.88 Å². The van der Waals surface area contributed by atoms with Crippen LogP contribution in [0.2, 0.25) is 0 Å². The summed E-state index contributed by atoms with van der Waals surface area (Å²) < 4.78 is 55.3. The maximum absolute atomic E-state index is 12.9. The van der Waals surface area contributed by atoms with Crippen molar-refractivity contribution >= 4 is 31.6 Å². The van der Waals surface area contributed by atoms with Crippen molar-refractivity contribution in [3.05, 3.63) is 54.1 Å². The fourth-order valence-corrected chi connectivity index (χ4v) is 5.29. The molecule has 1 saturated heterocycles. The maximum atomic E-state index is 12.9. The molecule has 2 aromatic carbocycles. The van der Waals surface area contributed by atoms with Crippen molar-refractivity contribution in [3.8, 4) is 0 Å². The van der Waals surface area contributed by atoms with Crippen LogP contribution in [0.1, 0.15) is 24.2 Å². The number of primary sulfonamides is 1. The van der Waals surface area contributed by atoms with E-state index < -0.39 is 26.0 Å². The van der Waals surface area contributed by atoms with Gasteiger partial charge in [-0.25, -0.2) is 22.0 Å². The normalized spacial score (nSPS) is 20.6. The Hall–Kier alpha value is -2.31. The van der Waals surface area contributed by atoms with E-state index in [0.29, 0.717) is 5.69 Å². The zero-order chi connectivity index (χ0) is 22.1. The van der Waals surface area contributed by atoms with Crippen LogP contribution in [0, 0.1) is 0 Å². The van der Waals surface area contributed by atoms with E-state index in [1.807, 2.05) is 13.8 Å². The number of ether oxygens (including phenoxy) is 1. The van der Waals surface area contributed by atoms with E-state index in [0.717, 1.165) is 0 Å². The summed E-state index contributed by atoms with van der Waals surface area (Å²) in [5, 5.41) is 7.66. The largest absolute Gasteiger partial charge is 0.373 e. The van der Waals surface area contributed by atoms with Gasteiger partial charge in [-0.1, -0.05) is 0 Å². The average molecular weight is 454 g/mol. The summed E-state index contributed by atoms with van der Waals surface area (Å²) in [5.41, 5.74) is 0.633. The highest BCUT2D eigenvalue weighted by atomic mass is 32.2. The molecule has 0 aliphatic carbocycles. The third-order valence-electron chi connectivity index (χ3n) is 4.58. The van der Waals surface area contributed by atoms with Gasteiger partial charge in [-0.2, -0.15) is 4.31 Å². The molecule has 1 aliphatic rings. The highest BCUT2D eigenvalue weighted by Gasteiger charge is 2.32. The molecule has 162 valence electrons. The fraction of sp³-hybridized carbons (Fsp3) is 0.316. The third-order valence-corrected chi connectivity index (χ3v) is 7.36. The highest BCUT2D eigenvalue weighted by Crippen LogP contribution is 2.22. The Morgan fingerprint density at radius 3 is 1.93 bits per heavy atom. The Morgan fingerprint density at radius 2 is 1.43 bits per heavy atom. The maximum Gasteiger partial charge on any atom is 0.255 e. The zero-order valence-electron chi connectivity index (χ0n) is 16.5. The summed E-state index contributed by atoms with van der Waals surface area (Å²) in [7, 11) is -7.51. The van der Waals surface area contributed by atoms with Crippen molar-refractivity contribution in [1.29, 1.82) is 0 Å². The lowest BCUT2D eigenvalue weighted by molar-refractivity contribution is -0.0440. The van der Waals surface area contributed by atoms with Gasteiger partial charge in [-0.3, -0.25) is 4.79 Å². The van der Waals surface area contributed by atoms with E-state index in [2.05, 4.69) is 5.32 Å². The van der Waals surface area contributed by atoms with Crippen LogP contribution >= 0.6 is 0 Å². The first-order valence-electron chi connectivity index (χ1n) is 9.17. The predicted molar refractivity (Wildman–Crippen MR) is 111 cm³/mol. The van der Waals surface area contributed by atoms with Crippen LogP contribution < -0.4 is 10.5 Å². The molecule has 3 rings (SSSR count). The molecule has 0 aromatic heterocycles. The number of hydrogen-bond acceptors (Lipinski definition) is 6. The summed E-state index contributed by atoms with van der Waals surface area (Å²) >= 11 is 0. The van der Waals surface area contributed by atoms with Crippen molar-refractivity contribution in [2.75, 3.05) is 18.4 Å². The number of hydrogen-bond donors (Lipinski definition) is 2. The first-order chi connectivity index (χ1) is 14.0. The summed E-state index contributed by atoms with van der Waals surface area (Å²) in [4.78, 5) is 12.4. The first kappa shape index (κ1) is 22.4. The van der Waals surface area contributed by atoms with Crippen LogP contribution in [0.5, 0.6) is 0 Å². The molecule has 0 unspecified atom stereocenters. The quantitative estimate of drug-likeness (QED) is 0.702. The van der Waals surface area contributed by atoms with Gasteiger partial charge >= 0.3 is 0 Å². The van der Waals surface area contributed by atoms with Crippen LogP contribution in [0.15, 0.2) is 58.3 Å².